The Morgan fingerprint density at radius 2 is 1.96 bits per heavy atom. The molecule has 2 aliphatic rings. The molecule has 1 aromatic rings. The number of rotatable bonds is 7. The molecule has 0 radical (unpaired) electrons. The maximum atomic E-state index is 12.4. The second-order valence-corrected chi connectivity index (χ2v) is 8.95. The minimum Gasteiger partial charge on any atom is -0.494 e. The molecule has 3 rings (SSSR count). The van der Waals surface area contributed by atoms with Gasteiger partial charge in [-0.3, -0.25) is 9.10 Å². The number of benzene rings is 1. The summed E-state index contributed by atoms with van der Waals surface area (Å²) in [6, 6.07) is 6.96. The van der Waals surface area contributed by atoms with Crippen LogP contribution in [0, 0.1) is 11.8 Å². The second kappa shape index (κ2) is 7.23. The molecule has 0 spiro atoms. The van der Waals surface area contributed by atoms with Crippen LogP contribution >= 0.6 is 0 Å². The van der Waals surface area contributed by atoms with Crippen molar-refractivity contribution in [2.45, 2.75) is 38.6 Å². The fourth-order valence-electron chi connectivity index (χ4n) is 4.08. The van der Waals surface area contributed by atoms with Crippen LogP contribution in [0.25, 0.3) is 0 Å². The minimum absolute atomic E-state index is 0.194. The second-order valence-electron chi connectivity index (χ2n) is 7.05. The summed E-state index contributed by atoms with van der Waals surface area (Å²) in [7, 11) is -3.55. The molecule has 0 aliphatic heterocycles. The smallest absolute Gasteiger partial charge is 0.241 e. The van der Waals surface area contributed by atoms with Crippen LogP contribution in [-0.4, -0.2) is 39.8 Å². The van der Waals surface area contributed by atoms with Crippen molar-refractivity contribution < 1.29 is 17.9 Å². The third kappa shape index (κ3) is 4.26. The zero-order valence-electron chi connectivity index (χ0n) is 14.8. The lowest BCUT2D eigenvalue weighted by atomic mass is 9.95. The molecule has 1 N–H and O–H groups in total. The Balaban J connectivity index is 1.67. The van der Waals surface area contributed by atoms with Gasteiger partial charge in [0.15, 0.2) is 0 Å². The van der Waals surface area contributed by atoms with E-state index in [1.165, 1.54) is 19.3 Å². The molecule has 138 valence electrons. The maximum Gasteiger partial charge on any atom is 0.241 e. The Morgan fingerprint density at radius 3 is 2.48 bits per heavy atom. The highest BCUT2D eigenvalue weighted by atomic mass is 32.2. The monoisotopic (exact) mass is 366 g/mol. The fraction of sp³-hybridized carbons (Fsp3) is 0.611. The average Bonchev–Trinajstić information content (AvgIpc) is 3.15. The van der Waals surface area contributed by atoms with Gasteiger partial charge in [0, 0.05) is 6.04 Å². The van der Waals surface area contributed by atoms with Crippen molar-refractivity contribution >= 4 is 21.6 Å². The summed E-state index contributed by atoms with van der Waals surface area (Å²) >= 11 is 0. The number of anilines is 1. The highest BCUT2D eigenvalue weighted by molar-refractivity contribution is 7.92. The third-order valence-corrected chi connectivity index (χ3v) is 6.35. The van der Waals surface area contributed by atoms with Crippen LogP contribution in [0.15, 0.2) is 24.3 Å². The molecule has 0 aromatic heterocycles. The molecule has 0 unspecified atom stereocenters. The van der Waals surface area contributed by atoms with Gasteiger partial charge in [0.05, 0.1) is 18.6 Å². The number of hydrogen-bond acceptors (Lipinski definition) is 4. The molecule has 2 saturated carbocycles. The molecule has 3 atom stereocenters. The lowest BCUT2D eigenvalue weighted by Crippen LogP contribution is -2.45. The van der Waals surface area contributed by atoms with E-state index in [9.17, 15) is 13.2 Å². The summed E-state index contributed by atoms with van der Waals surface area (Å²) in [5.41, 5.74) is 0.467. The summed E-state index contributed by atoms with van der Waals surface area (Å²) in [5.74, 6) is 1.72. The van der Waals surface area contributed by atoms with Crippen LogP contribution < -0.4 is 14.4 Å². The number of carbonyl (C=O) groups is 1. The molecule has 2 bridgehead atoms. The van der Waals surface area contributed by atoms with Crippen LogP contribution in [0.1, 0.15) is 32.6 Å². The molecule has 7 heteroatoms. The zero-order valence-corrected chi connectivity index (χ0v) is 15.6. The molecule has 2 aliphatic carbocycles. The van der Waals surface area contributed by atoms with Crippen LogP contribution in [0.4, 0.5) is 5.69 Å². The van der Waals surface area contributed by atoms with Crippen LogP contribution in [0.3, 0.4) is 0 Å². The standard InChI is InChI=1S/C18H26N2O4S/c1-3-24-16-8-6-15(7-9-16)20(25(2,22)23)12-18(21)19-17-11-13-4-5-14(17)10-13/h6-9,13-14,17H,3-5,10-12H2,1-2H3,(H,19,21)/t13-,14+,17-/m0/s1. The SMILES string of the molecule is CCOc1ccc(N(CC(=O)N[C@H]2C[C@H]3CC[C@@H]2C3)S(C)(=O)=O)cc1. The Labute approximate surface area is 149 Å². The van der Waals surface area contributed by atoms with Crippen molar-refractivity contribution in [1.82, 2.24) is 5.32 Å². The Bertz CT molecular complexity index is 717. The van der Waals surface area contributed by atoms with Gasteiger partial charge in [0.25, 0.3) is 0 Å². The number of carbonyl (C=O) groups excluding carboxylic acids is 1. The van der Waals surface area contributed by atoms with Gasteiger partial charge in [-0.15, -0.1) is 0 Å². The lowest BCUT2D eigenvalue weighted by Gasteiger charge is -2.26. The van der Waals surface area contributed by atoms with Gasteiger partial charge in [-0.05, 0) is 62.3 Å². The first-order valence-corrected chi connectivity index (χ1v) is 10.7. The highest BCUT2D eigenvalue weighted by Gasteiger charge is 2.40. The summed E-state index contributed by atoms with van der Waals surface area (Å²) in [4.78, 5) is 12.4. The van der Waals surface area contributed by atoms with Gasteiger partial charge in [-0.1, -0.05) is 6.42 Å². The summed E-state index contributed by atoms with van der Waals surface area (Å²) in [6.45, 7) is 2.23. The molecular formula is C18H26N2O4S. The zero-order chi connectivity index (χ0) is 18.0. The van der Waals surface area contributed by atoms with Crippen molar-refractivity contribution in [3.05, 3.63) is 24.3 Å². The Morgan fingerprint density at radius 1 is 1.24 bits per heavy atom. The van der Waals surface area contributed by atoms with Gasteiger partial charge in [-0.2, -0.15) is 0 Å². The highest BCUT2D eigenvalue weighted by Crippen LogP contribution is 2.44. The van der Waals surface area contributed by atoms with E-state index < -0.39 is 10.0 Å². The fourth-order valence-corrected chi connectivity index (χ4v) is 4.94. The molecule has 25 heavy (non-hydrogen) atoms. The molecular weight excluding hydrogens is 340 g/mol. The minimum atomic E-state index is -3.55. The van der Waals surface area contributed by atoms with E-state index in [4.69, 9.17) is 4.74 Å². The van der Waals surface area contributed by atoms with E-state index >= 15 is 0 Å². The van der Waals surface area contributed by atoms with Crippen molar-refractivity contribution in [1.29, 1.82) is 0 Å². The largest absolute Gasteiger partial charge is 0.494 e. The van der Waals surface area contributed by atoms with Crippen LogP contribution in [0.5, 0.6) is 5.75 Å². The molecule has 6 nitrogen and oxygen atoms in total. The quantitative estimate of drug-likeness (QED) is 0.802. The van der Waals surface area contributed by atoms with Gasteiger partial charge in [0.2, 0.25) is 15.9 Å². The van der Waals surface area contributed by atoms with Crippen molar-refractivity contribution in [3.8, 4) is 5.75 Å². The topological polar surface area (TPSA) is 75.7 Å². The van der Waals surface area contributed by atoms with E-state index in [2.05, 4.69) is 5.32 Å². The predicted octanol–water partition coefficient (Wildman–Crippen LogP) is 2.16. The van der Waals surface area contributed by atoms with E-state index in [-0.39, 0.29) is 18.5 Å². The lowest BCUT2D eigenvalue weighted by molar-refractivity contribution is -0.120. The van der Waals surface area contributed by atoms with Gasteiger partial charge >= 0.3 is 0 Å². The Kier molecular flexibility index (Phi) is 5.22. The first kappa shape index (κ1) is 18.0. The number of nitrogens with zero attached hydrogens (tertiary/aromatic N) is 1. The number of fused-ring (bicyclic) bond motifs is 2. The van der Waals surface area contributed by atoms with Crippen molar-refractivity contribution in [2.75, 3.05) is 23.7 Å². The molecule has 2 fully saturated rings. The molecule has 1 amide bonds. The number of hydrogen-bond donors (Lipinski definition) is 1. The maximum absolute atomic E-state index is 12.4. The van der Waals surface area contributed by atoms with Gasteiger partial charge in [-0.25, -0.2) is 8.42 Å². The molecule has 0 saturated heterocycles. The number of sulfonamides is 1. The predicted molar refractivity (Wildman–Crippen MR) is 97.2 cm³/mol. The van der Waals surface area contributed by atoms with E-state index in [0.29, 0.717) is 24.0 Å². The van der Waals surface area contributed by atoms with Crippen LogP contribution in [0.2, 0.25) is 0 Å². The van der Waals surface area contributed by atoms with E-state index in [0.717, 1.165) is 22.9 Å². The first-order chi connectivity index (χ1) is 11.9. The normalized spacial score (nSPS) is 25.0. The Hall–Kier alpha value is -1.76. The summed E-state index contributed by atoms with van der Waals surface area (Å²) < 4.78 is 30.8. The van der Waals surface area contributed by atoms with E-state index in [1.807, 2.05) is 6.92 Å². The van der Waals surface area contributed by atoms with Gasteiger partial charge in [0.1, 0.15) is 12.3 Å². The van der Waals surface area contributed by atoms with Gasteiger partial charge < -0.3 is 10.1 Å². The van der Waals surface area contributed by atoms with Crippen molar-refractivity contribution in [2.24, 2.45) is 11.8 Å². The number of nitrogens with one attached hydrogen (secondary N) is 1. The first-order valence-electron chi connectivity index (χ1n) is 8.86. The van der Waals surface area contributed by atoms with Crippen molar-refractivity contribution in [3.63, 3.8) is 0 Å². The number of ether oxygens (including phenoxy) is 1. The number of amides is 1. The summed E-state index contributed by atoms with van der Waals surface area (Å²) in [6.07, 6.45) is 5.77. The summed E-state index contributed by atoms with van der Waals surface area (Å²) in [5, 5.41) is 3.04. The molecule has 1 aromatic carbocycles. The van der Waals surface area contributed by atoms with Crippen LogP contribution in [-0.2, 0) is 14.8 Å². The third-order valence-electron chi connectivity index (χ3n) is 5.21. The average molecular weight is 366 g/mol. The van der Waals surface area contributed by atoms with E-state index in [1.54, 1.807) is 24.3 Å². The molecule has 0 heterocycles.